The third kappa shape index (κ3) is 3.36. The number of rotatable bonds is 4. The molecule has 0 saturated heterocycles. The molecule has 0 heterocycles. The van der Waals surface area contributed by atoms with Gasteiger partial charge in [-0.25, -0.2) is 9.59 Å². The number of esters is 1. The maximum Gasteiger partial charge on any atom is 0.339 e. The van der Waals surface area contributed by atoms with Crippen LogP contribution >= 0.6 is 0 Å². The quantitative estimate of drug-likeness (QED) is 0.649. The number of carboxylic acid groups (broad SMARTS) is 1. The summed E-state index contributed by atoms with van der Waals surface area (Å²) in [5, 5.41) is 9.41. The van der Waals surface area contributed by atoms with Crippen molar-refractivity contribution in [1.29, 1.82) is 0 Å². The van der Waals surface area contributed by atoms with Gasteiger partial charge in [-0.2, -0.15) is 0 Å². The van der Waals surface area contributed by atoms with Crippen LogP contribution in [0.3, 0.4) is 0 Å². The van der Waals surface area contributed by atoms with Crippen molar-refractivity contribution in [3.05, 3.63) is 35.9 Å². The predicted octanol–water partition coefficient (Wildman–Crippen LogP) is 1.91. The first-order valence-corrected chi connectivity index (χ1v) is 6.39. The highest BCUT2D eigenvalue weighted by Crippen LogP contribution is 2.29. The van der Waals surface area contributed by atoms with Crippen LogP contribution in [0.15, 0.2) is 30.3 Å². The number of carbonyl (C=O) groups is 2. The molecule has 0 saturated carbocycles. The second kappa shape index (κ2) is 5.63. The lowest BCUT2D eigenvalue weighted by Gasteiger charge is -2.32. The molecule has 5 nitrogen and oxygen atoms in total. The van der Waals surface area contributed by atoms with Gasteiger partial charge in [-0.3, -0.25) is 0 Å². The normalized spacial score (nSPS) is 16.1. The number of aliphatic carboxylic acids is 1. The third-order valence-corrected chi connectivity index (χ3v) is 3.07. The molecule has 1 rings (SSSR count). The largest absolute Gasteiger partial charge is 0.479 e. The minimum atomic E-state index is -2.12. The van der Waals surface area contributed by atoms with Gasteiger partial charge in [-0.15, -0.1) is 0 Å². The highest BCUT2D eigenvalue weighted by molar-refractivity contribution is 6.05. The van der Waals surface area contributed by atoms with Crippen LogP contribution in [-0.4, -0.2) is 28.2 Å². The van der Waals surface area contributed by atoms with E-state index in [-0.39, 0.29) is 0 Å². The Hall–Kier alpha value is -1.88. The lowest BCUT2D eigenvalue weighted by molar-refractivity contribution is -0.170. The van der Waals surface area contributed by atoms with Crippen LogP contribution in [0.5, 0.6) is 0 Å². The van der Waals surface area contributed by atoms with Gasteiger partial charge in [0, 0.05) is 5.92 Å². The van der Waals surface area contributed by atoms with Crippen molar-refractivity contribution in [1.82, 2.24) is 0 Å². The first-order chi connectivity index (χ1) is 9.09. The highest BCUT2D eigenvalue weighted by Gasteiger charge is 2.50. The number of ether oxygens (including phenoxy) is 1. The average Bonchev–Trinajstić information content (AvgIpc) is 2.35. The van der Waals surface area contributed by atoms with Crippen molar-refractivity contribution in [3.8, 4) is 0 Å². The summed E-state index contributed by atoms with van der Waals surface area (Å²) in [4.78, 5) is 23.7. The Bertz CT molecular complexity index is 492. The van der Waals surface area contributed by atoms with E-state index in [1.807, 2.05) is 6.07 Å². The fourth-order valence-corrected chi connectivity index (χ4v) is 1.82. The fraction of sp³-hybridized carbons (Fsp3) is 0.467. The van der Waals surface area contributed by atoms with E-state index in [4.69, 9.17) is 10.5 Å². The molecule has 0 aliphatic rings. The Morgan fingerprint density at radius 1 is 1.20 bits per heavy atom. The van der Waals surface area contributed by atoms with E-state index in [2.05, 4.69) is 0 Å². The molecule has 0 aliphatic carbocycles. The van der Waals surface area contributed by atoms with Crippen LogP contribution in [0.1, 0.15) is 39.2 Å². The second-order valence-electron chi connectivity index (χ2n) is 5.81. The zero-order valence-corrected chi connectivity index (χ0v) is 12.2. The Morgan fingerprint density at radius 2 is 1.70 bits per heavy atom. The lowest BCUT2D eigenvalue weighted by Crippen LogP contribution is -2.60. The SMILES string of the molecule is CC(c1ccccc1)C(N)(C(=O)O)C(=O)OC(C)(C)C. The Kier molecular flexibility index (Phi) is 4.55. The van der Waals surface area contributed by atoms with Gasteiger partial charge in [-0.05, 0) is 26.3 Å². The molecule has 0 aliphatic heterocycles. The molecule has 2 unspecified atom stereocenters. The van der Waals surface area contributed by atoms with Crippen LogP contribution in [0.2, 0.25) is 0 Å². The third-order valence-electron chi connectivity index (χ3n) is 3.07. The van der Waals surface area contributed by atoms with E-state index in [1.165, 1.54) is 0 Å². The molecule has 0 bridgehead atoms. The Balaban J connectivity index is 3.16. The van der Waals surface area contributed by atoms with Crippen molar-refractivity contribution in [3.63, 3.8) is 0 Å². The molecule has 20 heavy (non-hydrogen) atoms. The van der Waals surface area contributed by atoms with E-state index in [1.54, 1.807) is 52.0 Å². The zero-order valence-electron chi connectivity index (χ0n) is 12.2. The van der Waals surface area contributed by atoms with Crippen LogP contribution < -0.4 is 5.73 Å². The van der Waals surface area contributed by atoms with Crippen LogP contribution in [-0.2, 0) is 14.3 Å². The second-order valence-corrected chi connectivity index (χ2v) is 5.81. The fourth-order valence-electron chi connectivity index (χ4n) is 1.82. The van der Waals surface area contributed by atoms with Gasteiger partial charge >= 0.3 is 11.9 Å². The van der Waals surface area contributed by atoms with Crippen molar-refractivity contribution < 1.29 is 19.4 Å². The minimum Gasteiger partial charge on any atom is -0.479 e. The Labute approximate surface area is 118 Å². The molecule has 5 heteroatoms. The van der Waals surface area contributed by atoms with Crippen LogP contribution in [0, 0.1) is 0 Å². The molecule has 0 fully saturated rings. The molecule has 2 atom stereocenters. The van der Waals surface area contributed by atoms with Crippen molar-refractivity contribution in [2.24, 2.45) is 5.73 Å². The maximum atomic E-state index is 12.2. The average molecular weight is 279 g/mol. The van der Waals surface area contributed by atoms with E-state index in [0.717, 1.165) is 0 Å². The number of carboxylic acids is 1. The van der Waals surface area contributed by atoms with Crippen molar-refractivity contribution >= 4 is 11.9 Å². The number of nitrogens with two attached hydrogens (primary N) is 1. The van der Waals surface area contributed by atoms with E-state index in [0.29, 0.717) is 5.56 Å². The maximum absolute atomic E-state index is 12.2. The summed E-state index contributed by atoms with van der Waals surface area (Å²) in [5.41, 5.74) is 3.65. The Morgan fingerprint density at radius 3 is 2.10 bits per heavy atom. The number of hydrogen-bond donors (Lipinski definition) is 2. The summed E-state index contributed by atoms with van der Waals surface area (Å²) < 4.78 is 5.16. The summed E-state index contributed by atoms with van der Waals surface area (Å²) in [6, 6.07) is 8.81. The molecule has 0 radical (unpaired) electrons. The molecule has 0 amide bonds. The summed E-state index contributed by atoms with van der Waals surface area (Å²) >= 11 is 0. The molecule has 3 N–H and O–H groups in total. The minimum absolute atomic E-state index is 0.670. The molecular formula is C15H21NO4. The predicted molar refractivity (Wildman–Crippen MR) is 75.3 cm³/mol. The number of hydrogen-bond acceptors (Lipinski definition) is 4. The van der Waals surface area contributed by atoms with Gasteiger partial charge < -0.3 is 15.6 Å². The van der Waals surface area contributed by atoms with Gasteiger partial charge in [0.2, 0.25) is 5.54 Å². The monoisotopic (exact) mass is 279 g/mol. The molecular weight excluding hydrogens is 258 g/mol. The zero-order chi connectivity index (χ0) is 15.6. The van der Waals surface area contributed by atoms with Crippen LogP contribution in [0.25, 0.3) is 0 Å². The number of benzene rings is 1. The molecule has 0 aromatic heterocycles. The van der Waals surface area contributed by atoms with E-state index in [9.17, 15) is 14.7 Å². The van der Waals surface area contributed by atoms with Gasteiger partial charge in [0.25, 0.3) is 0 Å². The highest BCUT2D eigenvalue weighted by atomic mass is 16.6. The first-order valence-electron chi connectivity index (χ1n) is 6.39. The van der Waals surface area contributed by atoms with Gasteiger partial charge in [0.1, 0.15) is 5.60 Å². The molecule has 1 aromatic rings. The molecule has 0 spiro atoms. The summed E-state index contributed by atoms with van der Waals surface area (Å²) in [6.45, 7) is 6.61. The molecule has 1 aromatic carbocycles. The van der Waals surface area contributed by atoms with Crippen molar-refractivity contribution in [2.75, 3.05) is 0 Å². The number of carbonyl (C=O) groups excluding carboxylic acids is 1. The van der Waals surface area contributed by atoms with Gasteiger partial charge in [0.15, 0.2) is 0 Å². The smallest absolute Gasteiger partial charge is 0.339 e. The first kappa shape index (κ1) is 16.2. The molecule has 110 valence electrons. The summed E-state index contributed by atoms with van der Waals surface area (Å²) in [6.07, 6.45) is 0. The standard InChI is InChI=1S/C15H21NO4/c1-10(11-8-6-5-7-9-11)15(16,12(17)18)13(19)20-14(2,3)4/h5-10H,16H2,1-4H3,(H,17,18). The summed E-state index contributed by atoms with van der Waals surface area (Å²) in [5.74, 6) is -3.05. The van der Waals surface area contributed by atoms with Gasteiger partial charge in [0.05, 0.1) is 0 Å². The topological polar surface area (TPSA) is 89.6 Å². The van der Waals surface area contributed by atoms with E-state index < -0.39 is 29.0 Å². The summed E-state index contributed by atoms with van der Waals surface area (Å²) in [7, 11) is 0. The van der Waals surface area contributed by atoms with Gasteiger partial charge in [-0.1, -0.05) is 37.3 Å². The van der Waals surface area contributed by atoms with E-state index >= 15 is 0 Å². The lowest BCUT2D eigenvalue weighted by atomic mass is 9.81. The van der Waals surface area contributed by atoms with Crippen LogP contribution in [0.4, 0.5) is 0 Å². The van der Waals surface area contributed by atoms with Crippen molar-refractivity contribution in [2.45, 2.75) is 44.8 Å².